The molecule has 0 unspecified atom stereocenters. The maximum absolute atomic E-state index is 12.3. The number of carbonyl (C=O) groups excluding carboxylic acids is 1. The fraction of sp³-hybridized carbons (Fsp3) is 0.364. The largest absolute Gasteiger partial charge is 0.354 e. The van der Waals surface area contributed by atoms with E-state index in [-0.39, 0.29) is 4.90 Å². The summed E-state index contributed by atoms with van der Waals surface area (Å²) in [7, 11) is -3.61. The van der Waals surface area contributed by atoms with Gasteiger partial charge in [0.25, 0.3) is 0 Å². The first kappa shape index (κ1) is 21.7. The summed E-state index contributed by atoms with van der Waals surface area (Å²) < 4.78 is 25.8. The monoisotopic (exact) mass is 458 g/mol. The van der Waals surface area contributed by atoms with Crippen LogP contribution in [-0.2, 0) is 14.6 Å². The minimum absolute atomic E-state index is 0.173. The van der Waals surface area contributed by atoms with Crippen LogP contribution in [0.1, 0.15) is 5.56 Å². The lowest BCUT2D eigenvalue weighted by Crippen LogP contribution is -2.48. The van der Waals surface area contributed by atoms with E-state index < -0.39 is 21.5 Å². The van der Waals surface area contributed by atoms with Gasteiger partial charge < -0.3 is 10.2 Å². The van der Waals surface area contributed by atoms with Crippen LogP contribution in [0.3, 0.4) is 0 Å². The maximum atomic E-state index is 12.3. The molecule has 1 fully saturated rings. The van der Waals surface area contributed by atoms with Crippen molar-refractivity contribution >= 4 is 42.4 Å². The number of carbonyl (C=O) groups is 1. The minimum atomic E-state index is -3.61. The molecule has 0 radical (unpaired) electrons. The number of amides is 1. The van der Waals surface area contributed by atoms with Gasteiger partial charge in [0, 0.05) is 39.3 Å². The number of aryl methyl sites for hydroxylation is 1. The second-order valence-electron chi connectivity index (χ2n) is 7.67. The summed E-state index contributed by atoms with van der Waals surface area (Å²) in [6.07, 6.45) is 0. The summed E-state index contributed by atoms with van der Waals surface area (Å²) in [6.45, 7) is 6.75. The van der Waals surface area contributed by atoms with Crippen LogP contribution in [0.15, 0.2) is 53.4 Å². The molecule has 0 bridgehead atoms. The van der Waals surface area contributed by atoms with Crippen LogP contribution < -0.4 is 10.2 Å². The number of anilines is 1. The number of hydrogen-bond donors (Lipinski definition) is 1. The van der Waals surface area contributed by atoms with Crippen molar-refractivity contribution in [2.75, 3.05) is 49.9 Å². The van der Waals surface area contributed by atoms with Crippen molar-refractivity contribution in [1.82, 2.24) is 15.2 Å². The quantitative estimate of drug-likeness (QED) is 0.585. The van der Waals surface area contributed by atoms with Gasteiger partial charge in [0.2, 0.25) is 5.91 Å². The molecule has 2 heterocycles. The zero-order chi connectivity index (χ0) is 21.8. The van der Waals surface area contributed by atoms with E-state index in [0.29, 0.717) is 13.1 Å². The molecular formula is C22H26N4O3S2. The number of nitrogens with one attached hydrogen (secondary N) is 1. The van der Waals surface area contributed by atoms with Crippen LogP contribution in [0.25, 0.3) is 10.2 Å². The standard InChI is InChI=1S/C22H26N4O3S2/c1-17-6-5-9-19-21(17)24-22(30-19)26-14-12-25(13-15-26)11-10-23-20(27)16-31(28,29)18-7-3-2-4-8-18/h2-9H,10-16H2,1H3,(H,23,27). The molecule has 1 aliphatic heterocycles. The van der Waals surface area contributed by atoms with E-state index in [9.17, 15) is 13.2 Å². The Balaban J connectivity index is 1.22. The molecule has 0 aliphatic carbocycles. The second kappa shape index (κ2) is 9.33. The Morgan fingerprint density at radius 2 is 1.81 bits per heavy atom. The summed E-state index contributed by atoms with van der Waals surface area (Å²) in [6, 6.07) is 14.3. The van der Waals surface area contributed by atoms with Crippen molar-refractivity contribution in [1.29, 1.82) is 0 Å². The zero-order valence-electron chi connectivity index (χ0n) is 17.5. The molecule has 0 spiro atoms. The number of para-hydroxylation sites is 1. The molecule has 3 aromatic rings. The Bertz CT molecular complexity index is 1150. The fourth-order valence-corrected chi connectivity index (χ4v) is 5.94. The SMILES string of the molecule is Cc1cccc2sc(N3CCN(CCNC(=O)CS(=O)(=O)c4ccccc4)CC3)nc12. The summed E-state index contributed by atoms with van der Waals surface area (Å²) in [4.78, 5) is 21.7. The Hall–Kier alpha value is -2.49. The van der Waals surface area contributed by atoms with E-state index in [4.69, 9.17) is 4.98 Å². The highest BCUT2D eigenvalue weighted by Crippen LogP contribution is 2.30. The van der Waals surface area contributed by atoms with Crippen LogP contribution in [0.2, 0.25) is 0 Å². The van der Waals surface area contributed by atoms with Crippen molar-refractivity contribution in [3.63, 3.8) is 0 Å². The van der Waals surface area contributed by atoms with Crippen LogP contribution in [0.5, 0.6) is 0 Å². The number of nitrogens with zero attached hydrogens (tertiary/aromatic N) is 3. The Morgan fingerprint density at radius 1 is 1.06 bits per heavy atom. The van der Waals surface area contributed by atoms with E-state index in [0.717, 1.165) is 36.8 Å². The third kappa shape index (κ3) is 5.23. The van der Waals surface area contributed by atoms with Gasteiger partial charge in [-0.2, -0.15) is 0 Å². The molecule has 7 nitrogen and oxygen atoms in total. The van der Waals surface area contributed by atoms with E-state index in [1.807, 2.05) is 0 Å². The summed E-state index contributed by atoms with van der Waals surface area (Å²) >= 11 is 1.73. The van der Waals surface area contributed by atoms with Gasteiger partial charge in [0.05, 0.1) is 15.1 Å². The summed E-state index contributed by atoms with van der Waals surface area (Å²) in [5.41, 5.74) is 2.28. The van der Waals surface area contributed by atoms with Gasteiger partial charge in [0.15, 0.2) is 15.0 Å². The van der Waals surface area contributed by atoms with Crippen LogP contribution in [-0.4, -0.2) is 69.2 Å². The molecule has 1 saturated heterocycles. The first-order chi connectivity index (χ1) is 14.9. The van der Waals surface area contributed by atoms with Crippen LogP contribution in [0, 0.1) is 6.92 Å². The Labute approximate surface area is 186 Å². The molecule has 0 saturated carbocycles. The number of fused-ring (bicyclic) bond motifs is 1. The van der Waals surface area contributed by atoms with Crippen molar-refractivity contribution in [3.8, 4) is 0 Å². The Morgan fingerprint density at radius 3 is 2.52 bits per heavy atom. The third-order valence-electron chi connectivity index (χ3n) is 5.43. The van der Waals surface area contributed by atoms with Gasteiger partial charge in [-0.3, -0.25) is 9.69 Å². The van der Waals surface area contributed by atoms with Gasteiger partial charge in [0.1, 0.15) is 5.75 Å². The van der Waals surface area contributed by atoms with Crippen molar-refractivity contribution in [2.45, 2.75) is 11.8 Å². The molecular weight excluding hydrogens is 432 g/mol. The average Bonchev–Trinajstić information content (AvgIpc) is 3.20. The first-order valence-electron chi connectivity index (χ1n) is 10.3. The van der Waals surface area contributed by atoms with Gasteiger partial charge in [-0.05, 0) is 30.7 Å². The third-order valence-corrected chi connectivity index (χ3v) is 8.14. The minimum Gasteiger partial charge on any atom is -0.354 e. The fourth-order valence-electron chi connectivity index (χ4n) is 3.66. The normalized spacial score (nSPS) is 15.3. The topological polar surface area (TPSA) is 82.6 Å². The number of hydrogen-bond acceptors (Lipinski definition) is 7. The number of piperazine rings is 1. The molecule has 4 rings (SSSR count). The highest BCUT2D eigenvalue weighted by Gasteiger charge is 2.21. The van der Waals surface area contributed by atoms with Crippen LogP contribution in [0.4, 0.5) is 5.13 Å². The van der Waals surface area contributed by atoms with Gasteiger partial charge in [-0.1, -0.05) is 41.7 Å². The predicted molar refractivity (Wildman–Crippen MR) is 125 cm³/mol. The zero-order valence-corrected chi connectivity index (χ0v) is 19.1. The van der Waals surface area contributed by atoms with Gasteiger partial charge >= 0.3 is 0 Å². The predicted octanol–water partition coefficient (Wildman–Crippen LogP) is 2.32. The van der Waals surface area contributed by atoms with Gasteiger partial charge in [-0.15, -0.1) is 0 Å². The lowest BCUT2D eigenvalue weighted by Gasteiger charge is -2.34. The lowest BCUT2D eigenvalue weighted by molar-refractivity contribution is -0.118. The number of sulfone groups is 1. The van der Waals surface area contributed by atoms with E-state index in [1.165, 1.54) is 22.4 Å². The molecule has 0 atom stereocenters. The van der Waals surface area contributed by atoms with Crippen LogP contribution >= 0.6 is 11.3 Å². The lowest BCUT2D eigenvalue weighted by atomic mass is 10.2. The number of rotatable bonds is 7. The number of thiazole rings is 1. The van der Waals surface area contributed by atoms with Crippen molar-refractivity contribution in [3.05, 3.63) is 54.1 Å². The van der Waals surface area contributed by atoms with E-state index in [1.54, 1.807) is 29.5 Å². The Kier molecular flexibility index (Phi) is 6.54. The highest BCUT2D eigenvalue weighted by atomic mass is 32.2. The molecule has 31 heavy (non-hydrogen) atoms. The molecule has 1 N–H and O–H groups in total. The smallest absolute Gasteiger partial charge is 0.235 e. The molecule has 1 aliphatic rings. The average molecular weight is 459 g/mol. The van der Waals surface area contributed by atoms with Crippen molar-refractivity contribution in [2.24, 2.45) is 0 Å². The molecule has 164 valence electrons. The molecule has 9 heteroatoms. The molecule has 1 amide bonds. The molecule has 2 aromatic carbocycles. The van der Waals surface area contributed by atoms with Gasteiger partial charge in [-0.25, -0.2) is 13.4 Å². The first-order valence-corrected chi connectivity index (χ1v) is 12.8. The van der Waals surface area contributed by atoms with E-state index >= 15 is 0 Å². The number of aromatic nitrogens is 1. The maximum Gasteiger partial charge on any atom is 0.235 e. The number of benzene rings is 2. The summed E-state index contributed by atoms with van der Waals surface area (Å²) in [5.74, 6) is -0.991. The van der Waals surface area contributed by atoms with Crippen molar-refractivity contribution < 1.29 is 13.2 Å². The highest BCUT2D eigenvalue weighted by molar-refractivity contribution is 7.92. The van der Waals surface area contributed by atoms with E-state index in [2.05, 4.69) is 40.2 Å². The second-order valence-corrected chi connectivity index (χ2v) is 10.7. The molecule has 1 aromatic heterocycles. The summed E-state index contributed by atoms with van der Waals surface area (Å²) in [5, 5.41) is 3.80.